The van der Waals surface area contributed by atoms with E-state index in [9.17, 15) is 5.11 Å². The van der Waals surface area contributed by atoms with Crippen molar-refractivity contribution in [3.63, 3.8) is 0 Å². The van der Waals surface area contributed by atoms with E-state index in [-0.39, 0.29) is 6.10 Å². The molecule has 1 unspecified atom stereocenters. The maximum atomic E-state index is 10.1. The third-order valence-corrected chi connectivity index (χ3v) is 4.83. The van der Waals surface area contributed by atoms with E-state index in [1.807, 2.05) is 13.0 Å². The summed E-state index contributed by atoms with van der Waals surface area (Å²) in [4.78, 5) is 0. The zero-order valence-corrected chi connectivity index (χ0v) is 13.2. The summed E-state index contributed by atoms with van der Waals surface area (Å²) in [6.45, 7) is 2.00. The maximum absolute atomic E-state index is 10.1. The molecule has 0 amide bonds. The molecule has 1 N–H and O–H groups in total. The summed E-state index contributed by atoms with van der Waals surface area (Å²) in [5.41, 5.74) is 3.96. The Hall–Kier alpha value is -0.670. The monoisotopic (exact) mass is 329 g/mol. The topological polar surface area (TPSA) is 25.2 Å². The van der Waals surface area contributed by atoms with Gasteiger partial charge in [0.05, 0.1) is 26.9 Å². The minimum atomic E-state index is -0.389. The first-order chi connectivity index (χ1) is 9.49. The van der Waals surface area contributed by atoms with Crippen molar-refractivity contribution in [1.82, 2.24) is 4.57 Å². The van der Waals surface area contributed by atoms with E-state index in [0.29, 0.717) is 15.1 Å². The number of hydrogen-bond acceptors (Lipinski definition) is 1. The molecule has 3 rings (SSSR count). The number of nitrogens with zero attached hydrogens (tertiary/aromatic N) is 1. The largest absolute Gasteiger partial charge is 0.388 e. The van der Waals surface area contributed by atoms with Crippen molar-refractivity contribution in [2.24, 2.45) is 0 Å². The van der Waals surface area contributed by atoms with Crippen LogP contribution in [0.5, 0.6) is 0 Å². The highest BCUT2D eigenvalue weighted by atomic mass is 35.5. The van der Waals surface area contributed by atoms with Gasteiger partial charge in [0.2, 0.25) is 0 Å². The predicted octanol–water partition coefficient (Wildman–Crippen LogP) is 5.12. The van der Waals surface area contributed by atoms with Crippen LogP contribution in [0, 0.1) is 6.92 Å². The van der Waals surface area contributed by atoms with E-state index >= 15 is 0 Å². The van der Waals surface area contributed by atoms with Gasteiger partial charge in [-0.3, -0.25) is 0 Å². The van der Waals surface area contributed by atoms with Gasteiger partial charge in [-0.15, -0.1) is 0 Å². The number of aliphatic hydroxyl groups excluding tert-OH is 1. The average Bonchev–Trinajstić information content (AvgIpc) is 2.72. The molecule has 1 aliphatic carbocycles. The average molecular weight is 331 g/mol. The molecular formula is C15H14Cl3NO. The summed E-state index contributed by atoms with van der Waals surface area (Å²) in [5.74, 6) is 0. The van der Waals surface area contributed by atoms with Crippen LogP contribution in [0.15, 0.2) is 18.2 Å². The number of hydrogen-bond donors (Lipinski definition) is 1. The fraction of sp³-hybridized carbons (Fsp3) is 0.333. The van der Waals surface area contributed by atoms with Gasteiger partial charge in [-0.2, -0.15) is 0 Å². The van der Waals surface area contributed by atoms with Gasteiger partial charge in [0, 0.05) is 17.0 Å². The van der Waals surface area contributed by atoms with Crippen LogP contribution in [-0.2, 0) is 6.42 Å². The zero-order valence-electron chi connectivity index (χ0n) is 11.0. The molecule has 0 spiro atoms. The molecule has 0 aliphatic heterocycles. The Bertz CT molecular complexity index is 678. The van der Waals surface area contributed by atoms with Crippen LogP contribution < -0.4 is 0 Å². The molecular weight excluding hydrogens is 317 g/mol. The van der Waals surface area contributed by atoms with Crippen molar-refractivity contribution < 1.29 is 5.11 Å². The summed E-state index contributed by atoms with van der Waals surface area (Å²) in [6.07, 6.45) is 2.32. The second kappa shape index (κ2) is 5.27. The summed E-state index contributed by atoms with van der Waals surface area (Å²) in [5, 5.41) is 11.6. The third-order valence-electron chi connectivity index (χ3n) is 3.80. The molecule has 106 valence electrons. The first-order valence-corrected chi connectivity index (χ1v) is 7.66. The van der Waals surface area contributed by atoms with Crippen molar-refractivity contribution in [3.05, 3.63) is 50.2 Å². The number of fused-ring (bicyclic) bond motifs is 1. The number of rotatable bonds is 1. The first-order valence-electron chi connectivity index (χ1n) is 6.53. The van der Waals surface area contributed by atoms with Crippen LogP contribution >= 0.6 is 34.8 Å². The lowest BCUT2D eigenvalue weighted by atomic mass is 9.95. The molecule has 0 saturated carbocycles. The Kier molecular flexibility index (Phi) is 3.76. The third kappa shape index (κ3) is 2.25. The quantitative estimate of drug-likeness (QED) is 0.722. The lowest BCUT2D eigenvalue weighted by Gasteiger charge is -2.21. The van der Waals surface area contributed by atoms with Crippen LogP contribution in [0.1, 0.15) is 35.9 Å². The molecule has 0 bridgehead atoms. The number of aryl methyl sites for hydroxylation is 1. The molecule has 2 aromatic rings. The Morgan fingerprint density at radius 2 is 1.80 bits per heavy atom. The van der Waals surface area contributed by atoms with Crippen molar-refractivity contribution in [2.75, 3.05) is 0 Å². The molecule has 0 saturated heterocycles. The van der Waals surface area contributed by atoms with Crippen LogP contribution in [0.4, 0.5) is 0 Å². The fourth-order valence-electron chi connectivity index (χ4n) is 2.90. The van der Waals surface area contributed by atoms with Crippen LogP contribution in [0.2, 0.25) is 15.1 Å². The minimum absolute atomic E-state index is 0.389. The Morgan fingerprint density at radius 3 is 2.55 bits per heavy atom. The van der Waals surface area contributed by atoms with Gasteiger partial charge < -0.3 is 9.67 Å². The van der Waals surface area contributed by atoms with Crippen molar-refractivity contribution in [3.8, 4) is 5.69 Å². The molecule has 1 atom stereocenters. The SMILES string of the molecule is Cc1cc2c(n1-c1cc(Cl)c(Cl)cc1Cl)CCCC2O. The molecule has 1 aromatic heterocycles. The van der Waals surface area contributed by atoms with Gasteiger partial charge >= 0.3 is 0 Å². The molecule has 1 aliphatic rings. The number of benzene rings is 1. The summed E-state index contributed by atoms with van der Waals surface area (Å²) < 4.78 is 2.07. The summed E-state index contributed by atoms with van der Waals surface area (Å²) in [7, 11) is 0. The molecule has 2 nitrogen and oxygen atoms in total. The maximum Gasteiger partial charge on any atom is 0.0807 e. The van der Waals surface area contributed by atoms with Gasteiger partial charge in [0.25, 0.3) is 0 Å². The Balaban J connectivity index is 2.23. The van der Waals surface area contributed by atoms with Crippen LogP contribution in [0.25, 0.3) is 5.69 Å². The van der Waals surface area contributed by atoms with E-state index in [1.165, 1.54) is 0 Å². The van der Waals surface area contributed by atoms with E-state index in [4.69, 9.17) is 34.8 Å². The minimum Gasteiger partial charge on any atom is -0.388 e. The lowest BCUT2D eigenvalue weighted by Crippen LogP contribution is -2.11. The van der Waals surface area contributed by atoms with Crippen LogP contribution in [-0.4, -0.2) is 9.67 Å². The molecule has 1 aromatic carbocycles. The standard InChI is InChI=1S/C15H14Cl3NO/c1-8-5-9-13(3-2-4-15(9)20)19(8)14-7-11(17)10(16)6-12(14)18/h5-7,15,20H,2-4H2,1H3. The van der Waals surface area contributed by atoms with Crippen molar-refractivity contribution in [2.45, 2.75) is 32.3 Å². The highest BCUT2D eigenvalue weighted by Crippen LogP contribution is 2.38. The number of aliphatic hydroxyl groups is 1. The second-order valence-corrected chi connectivity index (χ2v) is 6.37. The van der Waals surface area contributed by atoms with Crippen molar-refractivity contribution >= 4 is 34.8 Å². The number of halogens is 3. The van der Waals surface area contributed by atoms with E-state index in [0.717, 1.165) is 41.9 Å². The molecule has 20 heavy (non-hydrogen) atoms. The molecule has 0 fully saturated rings. The van der Waals surface area contributed by atoms with Crippen molar-refractivity contribution in [1.29, 1.82) is 0 Å². The smallest absolute Gasteiger partial charge is 0.0807 e. The molecule has 0 radical (unpaired) electrons. The Labute approximate surface area is 132 Å². The zero-order chi connectivity index (χ0) is 14.4. The molecule has 1 heterocycles. The summed E-state index contributed by atoms with van der Waals surface area (Å²) in [6, 6.07) is 5.46. The van der Waals surface area contributed by atoms with Gasteiger partial charge in [-0.05, 0) is 44.4 Å². The highest BCUT2D eigenvalue weighted by molar-refractivity contribution is 6.43. The van der Waals surface area contributed by atoms with Gasteiger partial charge in [-0.1, -0.05) is 34.8 Å². The summed E-state index contributed by atoms with van der Waals surface area (Å²) >= 11 is 18.4. The van der Waals surface area contributed by atoms with Gasteiger partial charge in [-0.25, -0.2) is 0 Å². The fourth-order valence-corrected chi connectivity index (χ4v) is 3.52. The number of aromatic nitrogens is 1. The van der Waals surface area contributed by atoms with Gasteiger partial charge in [0.1, 0.15) is 0 Å². The lowest BCUT2D eigenvalue weighted by molar-refractivity contribution is 0.156. The van der Waals surface area contributed by atoms with E-state index in [2.05, 4.69) is 4.57 Å². The van der Waals surface area contributed by atoms with Gasteiger partial charge in [0.15, 0.2) is 0 Å². The second-order valence-electron chi connectivity index (χ2n) is 5.15. The first kappa shape index (κ1) is 14.3. The van der Waals surface area contributed by atoms with Crippen LogP contribution in [0.3, 0.4) is 0 Å². The normalized spacial score (nSPS) is 18.1. The highest BCUT2D eigenvalue weighted by Gasteiger charge is 2.24. The van der Waals surface area contributed by atoms with E-state index in [1.54, 1.807) is 12.1 Å². The predicted molar refractivity (Wildman–Crippen MR) is 83.4 cm³/mol. The van der Waals surface area contributed by atoms with E-state index < -0.39 is 0 Å². The molecule has 5 heteroatoms. The Morgan fingerprint density at radius 1 is 1.10 bits per heavy atom.